The van der Waals surface area contributed by atoms with Crippen molar-refractivity contribution in [2.75, 3.05) is 0 Å². The van der Waals surface area contributed by atoms with E-state index in [2.05, 4.69) is 138 Å². The van der Waals surface area contributed by atoms with Crippen LogP contribution in [0.3, 0.4) is 0 Å². The van der Waals surface area contributed by atoms with Crippen molar-refractivity contribution in [1.82, 2.24) is 4.90 Å². The lowest BCUT2D eigenvalue weighted by molar-refractivity contribution is -0.566. The Balaban J connectivity index is 1.77. The zero-order valence-corrected chi connectivity index (χ0v) is 20.2. The highest BCUT2D eigenvalue weighted by Gasteiger charge is 2.24. The molecule has 0 unspecified atom stereocenters. The number of amidine groups is 1. The van der Waals surface area contributed by atoms with Crippen molar-refractivity contribution in [3.8, 4) is 0 Å². The Morgan fingerprint density at radius 1 is 0.529 bits per heavy atom. The van der Waals surface area contributed by atoms with Gasteiger partial charge in [0, 0.05) is 6.42 Å². The summed E-state index contributed by atoms with van der Waals surface area (Å²) in [7, 11) is 0. The average Bonchev–Trinajstić information content (AvgIpc) is 2.89. The third-order valence-corrected chi connectivity index (χ3v) is 6.07. The van der Waals surface area contributed by atoms with Gasteiger partial charge in [0.1, 0.15) is 26.2 Å². The van der Waals surface area contributed by atoms with Gasteiger partial charge in [-0.2, -0.15) is 0 Å². The van der Waals surface area contributed by atoms with Crippen molar-refractivity contribution in [2.45, 2.75) is 45.9 Å². The fraction of sp³-hybridized carbons (Fsp3) is 0.219. The fourth-order valence-corrected chi connectivity index (χ4v) is 4.43. The molecule has 34 heavy (non-hydrogen) atoms. The molecular formula is C32H35N2+. The van der Waals surface area contributed by atoms with Gasteiger partial charge in [-0.1, -0.05) is 128 Å². The molecule has 4 aromatic rings. The maximum atomic E-state index is 2.58. The Kier molecular flexibility index (Phi) is 8.68. The van der Waals surface area contributed by atoms with E-state index < -0.39 is 0 Å². The summed E-state index contributed by atoms with van der Waals surface area (Å²) < 4.78 is 2.58. The van der Waals surface area contributed by atoms with Crippen LogP contribution in [-0.4, -0.2) is 15.3 Å². The molecule has 4 rings (SSSR count). The van der Waals surface area contributed by atoms with Gasteiger partial charge in [-0.05, 0) is 28.7 Å². The van der Waals surface area contributed by atoms with Crippen LogP contribution in [0.2, 0.25) is 0 Å². The van der Waals surface area contributed by atoms with Crippen molar-refractivity contribution >= 4 is 5.84 Å². The van der Waals surface area contributed by atoms with E-state index in [9.17, 15) is 0 Å². The summed E-state index contributed by atoms with van der Waals surface area (Å²) in [4.78, 5) is 2.58. The Morgan fingerprint density at radius 3 is 1.24 bits per heavy atom. The average molecular weight is 448 g/mol. The summed E-state index contributed by atoms with van der Waals surface area (Å²) in [5, 5.41) is 0. The first-order valence-electron chi connectivity index (χ1n) is 12.3. The predicted molar refractivity (Wildman–Crippen MR) is 143 cm³/mol. The van der Waals surface area contributed by atoms with Crippen LogP contribution in [0.25, 0.3) is 0 Å². The van der Waals surface area contributed by atoms with Gasteiger partial charge in [0.25, 0.3) is 0 Å². The van der Waals surface area contributed by atoms with Crippen molar-refractivity contribution in [1.29, 1.82) is 0 Å². The van der Waals surface area contributed by atoms with Gasteiger partial charge in [0.2, 0.25) is 5.84 Å². The summed E-state index contributed by atoms with van der Waals surface area (Å²) in [5.74, 6) is 1.41. The van der Waals surface area contributed by atoms with Crippen LogP contribution in [-0.2, 0) is 26.2 Å². The van der Waals surface area contributed by atoms with Gasteiger partial charge >= 0.3 is 0 Å². The molecule has 0 aromatic heterocycles. The lowest BCUT2D eigenvalue weighted by Crippen LogP contribution is -2.37. The van der Waals surface area contributed by atoms with Crippen LogP contribution < -0.4 is 0 Å². The van der Waals surface area contributed by atoms with Gasteiger partial charge in [-0.25, -0.2) is 0 Å². The third-order valence-electron chi connectivity index (χ3n) is 6.07. The molecule has 0 bridgehead atoms. The second-order valence-corrected chi connectivity index (χ2v) is 8.82. The van der Waals surface area contributed by atoms with E-state index in [1.165, 1.54) is 28.1 Å². The SMILES string of the molecule is CCCC(N(Cc1ccccc1)Cc1ccccc1)=[N+](Cc1ccccc1)Cc1ccccc1. The van der Waals surface area contributed by atoms with Gasteiger partial charge in [-0.15, -0.1) is 0 Å². The summed E-state index contributed by atoms with van der Waals surface area (Å²) >= 11 is 0. The number of hydrogen-bond acceptors (Lipinski definition) is 0. The summed E-state index contributed by atoms with van der Waals surface area (Å²) in [5.41, 5.74) is 5.36. The Labute approximate surface area is 204 Å². The quantitative estimate of drug-likeness (QED) is 0.140. The highest BCUT2D eigenvalue weighted by atomic mass is 15.2. The first-order valence-corrected chi connectivity index (χ1v) is 12.3. The molecule has 172 valence electrons. The number of rotatable bonds is 10. The van der Waals surface area contributed by atoms with Crippen LogP contribution in [0.4, 0.5) is 0 Å². The highest BCUT2D eigenvalue weighted by Crippen LogP contribution is 2.16. The predicted octanol–water partition coefficient (Wildman–Crippen LogP) is 7.30. The van der Waals surface area contributed by atoms with Crippen LogP contribution in [0.5, 0.6) is 0 Å². The largest absolute Gasteiger partial charge is 0.257 e. The van der Waals surface area contributed by atoms with Crippen LogP contribution in [0.15, 0.2) is 121 Å². The van der Waals surface area contributed by atoms with E-state index in [-0.39, 0.29) is 0 Å². The van der Waals surface area contributed by atoms with Crippen LogP contribution in [0, 0.1) is 0 Å². The lowest BCUT2D eigenvalue weighted by Gasteiger charge is -2.24. The first kappa shape index (κ1) is 23.5. The van der Waals surface area contributed by atoms with Crippen LogP contribution >= 0.6 is 0 Å². The van der Waals surface area contributed by atoms with Crippen molar-refractivity contribution < 1.29 is 4.58 Å². The maximum Gasteiger partial charge on any atom is 0.247 e. The highest BCUT2D eigenvalue weighted by molar-refractivity contribution is 5.77. The summed E-state index contributed by atoms with van der Waals surface area (Å²) in [6, 6.07) is 43.4. The van der Waals surface area contributed by atoms with E-state index in [4.69, 9.17) is 0 Å². The van der Waals surface area contributed by atoms with E-state index in [0.717, 1.165) is 39.0 Å². The Hall–Kier alpha value is -3.65. The van der Waals surface area contributed by atoms with Crippen molar-refractivity contribution in [3.05, 3.63) is 144 Å². The lowest BCUT2D eigenvalue weighted by atomic mass is 10.1. The zero-order chi connectivity index (χ0) is 23.4. The molecule has 2 nitrogen and oxygen atoms in total. The standard InChI is InChI=1S/C32H35N2/c1-2-15-32(33(24-28-16-7-3-8-17-28)25-29-18-9-4-10-19-29)34(26-30-20-11-5-12-21-30)27-31-22-13-6-14-23-31/h3-14,16-23H,2,15,24-27H2,1H3/q+1. The molecule has 0 aliphatic rings. The monoisotopic (exact) mass is 447 g/mol. The van der Waals surface area contributed by atoms with E-state index in [1.807, 2.05) is 0 Å². The topological polar surface area (TPSA) is 6.25 Å². The van der Waals surface area contributed by atoms with Gasteiger partial charge in [0.15, 0.2) is 0 Å². The molecule has 0 radical (unpaired) electrons. The molecule has 0 atom stereocenters. The minimum absolute atomic E-state index is 0.894. The molecule has 0 aliphatic carbocycles. The first-order chi connectivity index (χ1) is 16.8. The fourth-order valence-electron chi connectivity index (χ4n) is 4.43. The number of nitrogens with zero attached hydrogens (tertiary/aromatic N) is 2. The van der Waals surface area contributed by atoms with E-state index in [0.29, 0.717) is 0 Å². The summed E-state index contributed by atoms with van der Waals surface area (Å²) in [6.07, 6.45) is 2.15. The molecule has 0 saturated heterocycles. The normalized spacial score (nSPS) is 10.6. The molecule has 0 aliphatic heterocycles. The molecule has 0 spiro atoms. The van der Waals surface area contributed by atoms with E-state index in [1.54, 1.807) is 0 Å². The van der Waals surface area contributed by atoms with Gasteiger partial charge < -0.3 is 0 Å². The second kappa shape index (κ2) is 12.6. The molecule has 0 fully saturated rings. The molecule has 0 heterocycles. The smallest absolute Gasteiger partial charge is 0.247 e. The molecule has 0 amide bonds. The number of benzene rings is 4. The second-order valence-electron chi connectivity index (χ2n) is 8.82. The molecule has 0 N–H and O–H groups in total. The minimum atomic E-state index is 0.894. The van der Waals surface area contributed by atoms with Crippen LogP contribution in [0.1, 0.15) is 42.0 Å². The molecule has 2 heteroatoms. The summed E-state index contributed by atoms with van der Waals surface area (Å²) in [6.45, 7) is 5.86. The molecular weight excluding hydrogens is 412 g/mol. The van der Waals surface area contributed by atoms with Gasteiger partial charge in [0.05, 0.1) is 0 Å². The van der Waals surface area contributed by atoms with Crippen molar-refractivity contribution in [2.24, 2.45) is 0 Å². The molecule has 4 aromatic carbocycles. The minimum Gasteiger partial charge on any atom is -0.257 e. The zero-order valence-electron chi connectivity index (χ0n) is 20.2. The maximum absolute atomic E-state index is 2.58. The Bertz CT molecular complexity index is 1050. The molecule has 0 saturated carbocycles. The number of hydrogen-bond donors (Lipinski definition) is 0. The van der Waals surface area contributed by atoms with E-state index >= 15 is 0 Å². The van der Waals surface area contributed by atoms with Crippen molar-refractivity contribution in [3.63, 3.8) is 0 Å². The Morgan fingerprint density at radius 2 is 0.882 bits per heavy atom. The third kappa shape index (κ3) is 6.92. The van der Waals surface area contributed by atoms with Gasteiger partial charge in [-0.3, -0.25) is 9.48 Å².